The minimum absolute atomic E-state index is 0.0883. The van der Waals surface area contributed by atoms with Crippen molar-refractivity contribution in [2.24, 2.45) is 11.3 Å². The van der Waals surface area contributed by atoms with Crippen LogP contribution in [0.15, 0.2) is 10.8 Å². The fourth-order valence-corrected chi connectivity index (χ4v) is 5.28. The van der Waals surface area contributed by atoms with Crippen LogP contribution in [0.2, 0.25) is 0 Å². The van der Waals surface area contributed by atoms with Crippen LogP contribution in [0.25, 0.3) is 0 Å². The van der Waals surface area contributed by atoms with Crippen molar-refractivity contribution in [3.63, 3.8) is 0 Å². The third-order valence-corrected chi connectivity index (χ3v) is 6.83. The van der Waals surface area contributed by atoms with Gasteiger partial charge in [0.1, 0.15) is 5.76 Å². The normalized spacial score (nSPS) is 26.9. The maximum atomic E-state index is 13.4. The van der Waals surface area contributed by atoms with Crippen molar-refractivity contribution >= 4 is 11.8 Å². The van der Waals surface area contributed by atoms with Crippen LogP contribution < -0.4 is 0 Å². The van der Waals surface area contributed by atoms with Crippen LogP contribution in [0, 0.1) is 11.3 Å². The molecule has 1 saturated carbocycles. The molecule has 3 fully saturated rings. The lowest BCUT2D eigenvalue weighted by Crippen LogP contribution is -2.51. The number of aromatic nitrogens is 1. The number of nitrogens with zero attached hydrogens (tertiary/aromatic N) is 3. The summed E-state index contributed by atoms with van der Waals surface area (Å²) in [7, 11) is 0. The molecule has 6 nitrogen and oxygen atoms in total. The zero-order chi connectivity index (χ0) is 18.9. The van der Waals surface area contributed by atoms with Gasteiger partial charge in [0.15, 0.2) is 12.1 Å². The molecule has 0 N–H and O–H groups in total. The summed E-state index contributed by atoms with van der Waals surface area (Å²) in [5.41, 5.74) is 0.0375. The maximum absolute atomic E-state index is 13.4. The van der Waals surface area contributed by atoms with Gasteiger partial charge in [-0.3, -0.25) is 9.59 Å². The second kappa shape index (κ2) is 7.64. The van der Waals surface area contributed by atoms with Crippen molar-refractivity contribution in [1.29, 1.82) is 0 Å². The average Bonchev–Trinajstić information content (AvgIpc) is 3.34. The quantitative estimate of drug-likeness (QED) is 0.812. The topological polar surface area (TPSA) is 66.7 Å². The third kappa shape index (κ3) is 3.50. The van der Waals surface area contributed by atoms with E-state index in [0.29, 0.717) is 36.9 Å². The predicted octanol–water partition coefficient (Wildman–Crippen LogP) is 3.27. The molecule has 3 aliphatic rings. The van der Waals surface area contributed by atoms with Gasteiger partial charge in [-0.2, -0.15) is 0 Å². The number of carbonyl (C=O) groups is 2. The van der Waals surface area contributed by atoms with Crippen molar-refractivity contribution in [1.82, 2.24) is 14.8 Å². The number of aryl methyl sites for hydroxylation is 1. The van der Waals surface area contributed by atoms with Crippen LogP contribution in [-0.2, 0) is 11.2 Å². The second-order valence-electron chi connectivity index (χ2n) is 8.59. The Morgan fingerprint density at radius 1 is 1.22 bits per heavy atom. The maximum Gasteiger partial charge on any atom is 0.276 e. The first-order chi connectivity index (χ1) is 13.1. The average molecular weight is 373 g/mol. The molecule has 148 valence electrons. The molecule has 3 heterocycles. The first-order valence-corrected chi connectivity index (χ1v) is 10.6. The van der Waals surface area contributed by atoms with Gasteiger partial charge in [-0.1, -0.05) is 26.2 Å². The van der Waals surface area contributed by atoms with E-state index in [0.717, 1.165) is 32.4 Å². The van der Waals surface area contributed by atoms with Crippen LogP contribution in [0.3, 0.4) is 0 Å². The van der Waals surface area contributed by atoms with Gasteiger partial charge >= 0.3 is 0 Å². The van der Waals surface area contributed by atoms with E-state index in [1.54, 1.807) is 0 Å². The Labute approximate surface area is 161 Å². The van der Waals surface area contributed by atoms with Gasteiger partial charge in [-0.05, 0) is 38.0 Å². The lowest BCUT2D eigenvalue weighted by molar-refractivity contribution is -0.146. The van der Waals surface area contributed by atoms with Crippen molar-refractivity contribution in [3.8, 4) is 0 Å². The van der Waals surface area contributed by atoms with Crippen LogP contribution in [0.4, 0.5) is 0 Å². The van der Waals surface area contributed by atoms with Crippen LogP contribution in [0.1, 0.15) is 74.5 Å². The summed E-state index contributed by atoms with van der Waals surface area (Å²) in [4.78, 5) is 34.3. The van der Waals surface area contributed by atoms with Gasteiger partial charge in [0.25, 0.3) is 5.91 Å². The van der Waals surface area contributed by atoms with E-state index < -0.39 is 0 Å². The summed E-state index contributed by atoms with van der Waals surface area (Å²) in [6.07, 6.45) is 11.2. The fraction of sp³-hybridized carbons (Fsp3) is 0.762. The molecule has 0 aromatic carbocycles. The summed E-state index contributed by atoms with van der Waals surface area (Å²) >= 11 is 0. The van der Waals surface area contributed by atoms with Gasteiger partial charge in [-0.25, -0.2) is 4.98 Å². The summed E-state index contributed by atoms with van der Waals surface area (Å²) in [6.45, 7) is 4.92. The lowest BCUT2D eigenvalue weighted by atomic mass is 9.77. The van der Waals surface area contributed by atoms with Crippen molar-refractivity contribution in [2.75, 3.05) is 26.2 Å². The molecule has 2 amide bonds. The van der Waals surface area contributed by atoms with Crippen LogP contribution in [0.5, 0.6) is 0 Å². The van der Waals surface area contributed by atoms with E-state index in [2.05, 4.69) is 9.88 Å². The predicted molar refractivity (Wildman–Crippen MR) is 101 cm³/mol. The highest BCUT2D eigenvalue weighted by molar-refractivity contribution is 5.94. The Morgan fingerprint density at radius 2 is 2.04 bits per heavy atom. The first kappa shape index (κ1) is 18.5. The molecular weight excluding hydrogens is 342 g/mol. The number of likely N-dealkylation sites (tertiary alicyclic amines) is 2. The SMILES string of the molecule is CCc1ocnc1C(=O)N1CC[C@]2(CCCN(CC3CCCCC3)C2=O)C1. The minimum Gasteiger partial charge on any atom is -0.448 e. The molecule has 1 aromatic heterocycles. The standard InChI is InChI=1S/C21H31N3O3/c1-2-17-18(22-15-27-17)19(25)24-12-10-21(14-24)9-6-11-23(20(21)26)13-16-7-4-3-5-8-16/h15-16H,2-14H2,1H3/t21-/m1/s1. The van der Waals surface area contributed by atoms with E-state index in [1.807, 2.05) is 11.8 Å². The van der Waals surface area contributed by atoms with Gasteiger partial charge < -0.3 is 14.2 Å². The molecule has 0 unspecified atom stereocenters. The zero-order valence-electron chi connectivity index (χ0n) is 16.4. The highest BCUT2D eigenvalue weighted by Crippen LogP contribution is 2.41. The van der Waals surface area contributed by atoms with Gasteiger partial charge in [-0.15, -0.1) is 0 Å². The second-order valence-corrected chi connectivity index (χ2v) is 8.59. The number of amides is 2. The molecule has 2 saturated heterocycles. The largest absolute Gasteiger partial charge is 0.448 e. The minimum atomic E-state index is -0.376. The molecule has 1 atom stereocenters. The Kier molecular flexibility index (Phi) is 5.24. The number of oxazole rings is 1. The Hall–Kier alpha value is -1.85. The molecular formula is C21H31N3O3. The summed E-state index contributed by atoms with van der Waals surface area (Å²) in [5.74, 6) is 1.49. The molecule has 0 bridgehead atoms. The molecule has 1 aromatic rings. The van der Waals surface area contributed by atoms with E-state index in [4.69, 9.17) is 4.42 Å². The first-order valence-electron chi connectivity index (χ1n) is 10.6. The molecule has 1 aliphatic carbocycles. The van der Waals surface area contributed by atoms with Gasteiger partial charge in [0.2, 0.25) is 5.91 Å². The monoisotopic (exact) mass is 373 g/mol. The number of hydrogen-bond donors (Lipinski definition) is 0. The Morgan fingerprint density at radius 3 is 2.81 bits per heavy atom. The van der Waals surface area contributed by atoms with Crippen molar-refractivity contribution in [3.05, 3.63) is 17.8 Å². The summed E-state index contributed by atoms with van der Waals surface area (Å²) in [6, 6.07) is 0. The van der Waals surface area contributed by atoms with Gasteiger partial charge in [0.05, 0.1) is 5.41 Å². The molecule has 0 radical (unpaired) electrons. The van der Waals surface area contributed by atoms with Crippen LogP contribution in [-0.4, -0.2) is 52.8 Å². The van der Waals surface area contributed by atoms with E-state index in [-0.39, 0.29) is 17.2 Å². The number of piperidine rings is 1. The Balaban J connectivity index is 1.43. The number of carbonyl (C=O) groups excluding carboxylic acids is 2. The summed E-state index contributed by atoms with van der Waals surface area (Å²) in [5, 5.41) is 0. The summed E-state index contributed by atoms with van der Waals surface area (Å²) < 4.78 is 5.32. The smallest absolute Gasteiger partial charge is 0.276 e. The van der Waals surface area contributed by atoms with Crippen molar-refractivity contribution < 1.29 is 14.0 Å². The lowest BCUT2D eigenvalue weighted by Gasteiger charge is -2.41. The molecule has 1 spiro atoms. The van der Waals surface area contributed by atoms with Crippen LogP contribution >= 0.6 is 0 Å². The fourth-order valence-electron chi connectivity index (χ4n) is 5.28. The molecule has 27 heavy (non-hydrogen) atoms. The molecule has 4 rings (SSSR count). The number of rotatable bonds is 4. The van der Waals surface area contributed by atoms with E-state index in [1.165, 1.54) is 38.5 Å². The third-order valence-electron chi connectivity index (χ3n) is 6.83. The Bertz CT molecular complexity index is 695. The highest BCUT2D eigenvalue weighted by Gasteiger charge is 2.50. The highest BCUT2D eigenvalue weighted by atomic mass is 16.3. The number of hydrogen-bond acceptors (Lipinski definition) is 4. The van der Waals surface area contributed by atoms with Gasteiger partial charge in [0, 0.05) is 32.6 Å². The van der Waals surface area contributed by atoms with Crippen molar-refractivity contribution in [2.45, 2.75) is 64.7 Å². The zero-order valence-corrected chi connectivity index (χ0v) is 16.4. The molecule has 2 aliphatic heterocycles. The molecule has 6 heteroatoms. The van der Waals surface area contributed by atoms with E-state index >= 15 is 0 Å². The van der Waals surface area contributed by atoms with E-state index in [9.17, 15) is 9.59 Å².